The van der Waals surface area contributed by atoms with E-state index in [-0.39, 0.29) is 18.0 Å². The van der Waals surface area contributed by atoms with Gasteiger partial charge in [-0.05, 0) is 56.2 Å². The van der Waals surface area contributed by atoms with Crippen LogP contribution in [-0.2, 0) is 16.0 Å². The van der Waals surface area contributed by atoms with Gasteiger partial charge >= 0.3 is 0 Å². The van der Waals surface area contributed by atoms with Crippen LogP contribution in [0.1, 0.15) is 19.4 Å². The predicted molar refractivity (Wildman–Crippen MR) is 110 cm³/mol. The van der Waals surface area contributed by atoms with Gasteiger partial charge in [0.2, 0.25) is 5.91 Å². The van der Waals surface area contributed by atoms with E-state index in [0.717, 1.165) is 44.1 Å². The highest BCUT2D eigenvalue weighted by atomic mass is 16.5. The van der Waals surface area contributed by atoms with E-state index in [0.29, 0.717) is 0 Å². The van der Waals surface area contributed by atoms with Crippen LogP contribution < -0.4 is 15.1 Å². The summed E-state index contributed by atoms with van der Waals surface area (Å²) in [4.78, 5) is 17.3. The first kappa shape index (κ1) is 17.9. The van der Waals surface area contributed by atoms with E-state index in [4.69, 9.17) is 4.74 Å². The van der Waals surface area contributed by atoms with Crippen LogP contribution in [0.5, 0.6) is 0 Å². The van der Waals surface area contributed by atoms with Crippen molar-refractivity contribution in [2.45, 2.75) is 32.4 Å². The Morgan fingerprint density at radius 1 is 1.11 bits per heavy atom. The first-order valence-corrected chi connectivity index (χ1v) is 9.74. The highest BCUT2D eigenvalue weighted by Gasteiger charge is 2.32. The van der Waals surface area contributed by atoms with Crippen LogP contribution in [0.2, 0.25) is 0 Å². The molecule has 5 nitrogen and oxygen atoms in total. The minimum Gasteiger partial charge on any atom is -0.378 e. The van der Waals surface area contributed by atoms with Crippen molar-refractivity contribution < 1.29 is 9.53 Å². The Kier molecular flexibility index (Phi) is 5.03. The van der Waals surface area contributed by atoms with Crippen molar-refractivity contribution in [1.29, 1.82) is 0 Å². The molecule has 1 fully saturated rings. The molecule has 0 bridgehead atoms. The number of anilines is 3. The van der Waals surface area contributed by atoms with Gasteiger partial charge < -0.3 is 19.9 Å². The highest BCUT2D eigenvalue weighted by Crippen LogP contribution is 2.32. The molecule has 27 heavy (non-hydrogen) atoms. The minimum atomic E-state index is -0.284. The molecule has 1 saturated heterocycles. The number of carbonyl (C=O) groups excluding carboxylic acids is 1. The summed E-state index contributed by atoms with van der Waals surface area (Å²) < 4.78 is 5.41. The summed E-state index contributed by atoms with van der Waals surface area (Å²) in [5.41, 5.74) is 4.46. The van der Waals surface area contributed by atoms with Crippen LogP contribution in [0.4, 0.5) is 17.1 Å². The molecule has 142 valence electrons. The third-order valence-corrected chi connectivity index (χ3v) is 5.44. The lowest BCUT2D eigenvalue weighted by atomic mass is 10.1. The van der Waals surface area contributed by atoms with Gasteiger partial charge in [0.1, 0.15) is 6.04 Å². The highest BCUT2D eigenvalue weighted by molar-refractivity contribution is 6.00. The molecule has 0 unspecified atom stereocenters. The molecule has 2 aliphatic heterocycles. The maximum atomic E-state index is 13.1. The van der Waals surface area contributed by atoms with E-state index in [1.165, 1.54) is 11.3 Å². The SMILES string of the molecule is C[C@@H](Nc1ccc(N2CCOCC2)cc1)C(=O)N1c2ccccc2C[C@@H]1C. The van der Waals surface area contributed by atoms with Crippen molar-refractivity contribution in [2.75, 3.05) is 41.4 Å². The second-order valence-corrected chi connectivity index (χ2v) is 7.40. The first-order chi connectivity index (χ1) is 13.1. The van der Waals surface area contributed by atoms with Crippen molar-refractivity contribution >= 4 is 23.0 Å². The fraction of sp³-hybridized carbons (Fsp3) is 0.409. The van der Waals surface area contributed by atoms with Crippen LogP contribution in [0.15, 0.2) is 48.5 Å². The molecule has 1 N–H and O–H groups in total. The lowest BCUT2D eigenvalue weighted by molar-refractivity contribution is -0.119. The van der Waals surface area contributed by atoms with Gasteiger partial charge in [0.25, 0.3) is 0 Å². The molecule has 0 aliphatic carbocycles. The number of benzene rings is 2. The number of para-hydroxylation sites is 1. The van der Waals surface area contributed by atoms with Crippen LogP contribution in [-0.4, -0.2) is 44.3 Å². The van der Waals surface area contributed by atoms with Crippen molar-refractivity contribution in [2.24, 2.45) is 0 Å². The molecule has 0 aromatic heterocycles. The van der Waals surface area contributed by atoms with Gasteiger partial charge in [0, 0.05) is 36.2 Å². The number of ether oxygens (including phenoxy) is 1. The van der Waals surface area contributed by atoms with Crippen LogP contribution >= 0.6 is 0 Å². The normalized spacial score (nSPS) is 20.3. The summed E-state index contributed by atoms with van der Waals surface area (Å²) in [6, 6.07) is 16.4. The zero-order valence-corrected chi connectivity index (χ0v) is 16.0. The molecule has 2 aromatic carbocycles. The number of hydrogen-bond acceptors (Lipinski definition) is 4. The Labute approximate surface area is 160 Å². The molecule has 2 heterocycles. The number of nitrogens with one attached hydrogen (secondary N) is 1. The van der Waals surface area contributed by atoms with E-state index in [2.05, 4.69) is 47.5 Å². The van der Waals surface area contributed by atoms with E-state index in [1.54, 1.807) is 0 Å². The van der Waals surface area contributed by atoms with Gasteiger partial charge in [-0.3, -0.25) is 4.79 Å². The number of amides is 1. The average molecular weight is 365 g/mol. The summed E-state index contributed by atoms with van der Waals surface area (Å²) in [5, 5.41) is 3.37. The minimum absolute atomic E-state index is 0.115. The topological polar surface area (TPSA) is 44.8 Å². The molecular formula is C22H27N3O2. The zero-order chi connectivity index (χ0) is 18.8. The summed E-state index contributed by atoms with van der Waals surface area (Å²) in [5.74, 6) is 0.115. The van der Waals surface area contributed by atoms with Gasteiger partial charge in [-0.1, -0.05) is 18.2 Å². The molecule has 2 atom stereocenters. The van der Waals surface area contributed by atoms with Gasteiger partial charge in [-0.15, -0.1) is 0 Å². The van der Waals surface area contributed by atoms with E-state index in [9.17, 15) is 4.79 Å². The quantitative estimate of drug-likeness (QED) is 0.903. The number of morpholine rings is 1. The Balaban J connectivity index is 1.43. The molecule has 2 aromatic rings. The lowest BCUT2D eigenvalue weighted by Gasteiger charge is -2.29. The fourth-order valence-corrected chi connectivity index (χ4v) is 4.01. The number of nitrogens with zero attached hydrogens (tertiary/aromatic N) is 2. The van der Waals surface area contributed by atoms with Crippen LogP contribution in [0, 0.1) is 0 Å². The van der Waals surface area contributed by atoms with Crippen molar-refractivity contribution in [1.82, 2.24) is 0 Å². The largest absolute Gasteiger partial charge is 0.378 e. The Bertz CT molecular complexity index is 799. The monoisotopic (exact) mass is 365 g/mol. The maximum absolute atomic E-state index is 13.1. The molecule has 1 amide bonds. The molecule has 2 aliphatic rings. The Morgan fingerprint density at radius 3 is 2.56 bits per heavy atom. The summed E-state index contributed by atoms with van der Waals surface area (Å²) in [7, 11) is 0. The standard InChI is InChI=1S/C22H27N3O2/c1-16-15-18-5-3-4-6-21(18)25(16)22(26)17(2)23-19-7-9-20(10-8-19)24-11-13-27-14-12-24/h3-10,16-17,23H,11-15H2,1-2H3/t16-,17+/m0/s1. The third-order valence-electron chi connectivity index (χ3n) is 5.44. The Morgan fingerprint density at radius 2 is 1.81 bits per heavy atom. The van der Waals surface area contributed by atoms with E-state index >= 15 is 0 Å². The molecule has 5 heteroatoms. The van der Waals surface area contributed by atoms with Crippen LogP contribution in [0.25, 0.3) is 0 Å². The molecular weight excluding hydrogens is 338 g/mol. The van der Waals surface area contributed by atoms with Crippen molar-refractivity contribution in [3.8, 4) is 0 Å². The van der Waals surface area contributed by atoms with E-state index in [1.807, 2.05) is 30.0 Å². The summed E-state index contributed by atoms with van der Waals surface area (Å²) >= 11 is 0. The number of carbonyl (C=O) groups is 1. The fourth-order valence-electron chi connectivity index (χ4n) is 4.01. The van der Waals surface area contributed by atoms with E-state index < -0.39 is 0 Å². The van der Waals surface area contributed by atoms with Gasteiger partial charge in [-0.25, -0.2) is 0 Å². The van der Waals surface area contributed by atoms with Gasteiger partial charge in [0.15, 0.2) is 0 Å². The third kappa shape index (κ3) is 3.65. The summed E-state index contributed by atoms with van der Waals surface area (Å²) in [6.45, 7) is 7.46. The molecule has 0 radical (unpaired) electrons. The smallest absolute Gasteiger partial charge is 0.249 e. The number of hydrogen-bond donors (Lipinski definition) is 1. The molecule has 0 spiro atoms. The number of rotatable bonds is 4. The maximum Gasteiger partial charge on any atom is 0.249 e. The van der Waals surface area contributed by atoms with Crippen LogP contribution in [0.3, 0.4) is 0 Å². The Hall–Kier alpha value is -2.53. The second kappa shape index (κ2) is 7.61. The van der Waals surface area contributed by atoms with Gasteiger partial charge in [0.05, 0.1) is 13.2 Å². The predicted octanol–water partition coefficient (Wildman–Crippen LogP) is 3.30. The zero-order valence-electron chi connectivity index (χ0n) is 16.0. The second-order valence-electron chi connectivity index (χ2n) is 7.40. The average Bonchev–Trinajstić information content (AvgIpc) is 3.04. The van der Waals surface area contributed by atoms with Crippen molar-refractivity contribution in [3.05, 3.63) is 54.1 Å². The molecule has 4 rings (SSSR count). The first-order valence-electron chi connectivity index (χ1n) is 9.74. The molecule has 0 saturated carbocycles. The number of fused-ring (bicyclic) bond motifs is 1. The van der Waals surface area contributed by atoms with Gasteiger partial charge in [-0.2, -0.15) is 0 Å². The van der Waals surface area contributed by atoms with Crippen molar-refractivity contribution in [3.63, 3.8) is 0 Å². The lowest BCUT2D eigenvalue weighted by Crippen LogP contribution is -2.44. The summed E-state index contributed by atoms with van der Waals surface area (Å²) in [6.07, 6.45) is 0.920.